The maximum absolute atomic E-state index is 11.7. The lowest BCUT2D eigenvalue weighted by molar-refractivity contribution is 0.0499. The fourth-order valence-corrected chi connectivity index (χ4v) is 2.52. The first-order valence-corrected chi connectivity index (χ1v) is 6.94. The summed E-state index contributed by atoms with van der Waals surface area (Å²) < 4.78 is 5.29. The zero-order valence-electron chi connectivity index (χ0n) is 12.0. The van der Waals surface area contributed by atoms with E-state index in [1.54, 1.807) is 0 Å². The minimum Gasteiger partial charge on any atom is -0.444 e. The molecule has 1 fully saturated rings. The van der Waals surface area contributed by atoms with Crippen LogP contribution in [0.4, 0.5) is 4.79 Å². The number of alkyl carbamates (subject to hydrolysis) is 1. The molecule has 104 valence electrons. The summed E-state index contributed by atoms with van der Waals surface area (Å²) in [4.78, 5) is 11.7. The maximum Gasteiger partial charge on any atom is 0.407 e. The molecule has 1 N–H and O–H groups in total. The predicted molar refractivity (Wildman–Crippen MR) is 76.2 cm³/mol. The Morgan fingerprint density at radius 1 is 1.26 bits per heavy atom. The highest BCUT2D eigenvalue weighted by Gasteiger charge is 2.39. The monoisotopic (exact) mass is 261 g/mol. The first-order valence-electron chi connectivity index (χ1n) is 6.94. The van der Waals surface area contributed by atoms with Crippen molar-refractivity contribution >= 4 is 6.09 Å². The molecule has 0 radical (unpaired) electrons. The molecular weight excluding hydrogens is 238 g/mol. The average Bonchev–Trinajstić information content (AvgIpc) is 2.26. The molecule has 0 atom stereocenters. The average molecular weight is 261 g/mol. The molecule has 1 saturated carbocycles. The van der Waals surface area contributed by atoms with E-state index in [1.165, 1.54) is 12.0 Å². The van der Waals surface area contributed by atoms with Crippen LogP contribution >= 0.6 is 0 Å². The highest BCUT2D eigenvalue weighted by molar-refractivity contribution is 5.67. The highest BCUT2D eigenvalue weighted by Crippen LogP contribution is 2.43. The van der Waals surface area contributed by atoms with Gasteiger partial charge in [0, 0.05) is 12.0 Å². The van der Waals surface area contributed by atoms with Crippen LogP contribution in [-0.2, 0) is 10.2 Å². The minimum absolute atomic E-state index is 0.109. The van der Waals surface area contributed by atoms with Gasteiger partial charge in [-0.3, -0.25) is 0 Å². The summed E-state index contributed by atoms with van der Waals surface area (Å²) in [5, 5.41) is 2.92. The number of amides is 1. The number of hydrogen-bond donors (Lipinski definition) is 1. The Morgan fingerprint density at radius 3 is 2.37 bits per heavy atom. The van der Waals surface area contributed by atoms with Crippen LogP contribution in [0.5, 0.6) is 0 Å². The van der Waals surface area contributed by atoms with Gasteiger partial charge in [0.1, 0.15) is 5.60 Å². The van der Waals surface area contributed by atoms with E-state index in [1.807, 2.05) is 26.8 Å². The van der Waals surface area contributed by atoms with Crippen molar-refractivity contribution in [1.29, 1.82) is 0 Å². The topological polar surface area (TPSA) is 38.3 Å². The summed E-state index contributed by atoms with van der Waals surface area (Å²) in [6.07, 6.45) is 3.17. The molecule has 0 bridgehead atoms. The van der Waals surface area contributed by atoms with Crippen LogP contribution in [-0.4, -0.2) is 18.2 Å². The molecule has 0 spiro atoms. The maximum atomic E-state index is 11.7. The van der Waals surface area contributed by atoms with Crippen molar-refractivity contribution in [2.45, 2.75) is 51.0 Å². The van der Waals surface area contributed by atoms with Crippen LogP contribution in [0.25, 0.3) is 0 Å². The largest absolute Gasteiger partial charge is 0.444 e. The molecule has 1 aliphatic carbocycles. The number of carbonyl (C=O) groups is 1. The molecular formula is C16H23NO2. The van der Waals surface area contributed by atoms with Crippen molar-refractivity contribution in [2.24, 2.45) is 0 Å². The van der Waals surface area contributed by atoms with Crippen molar-refractivity contribution in [3.63, 3.8) is 0 Å². The third-order valence-corrected chi connectivity index (χ3v) is 3.67. The fraction of sp³-hybridized carbons (Fsp3) is 0.562. The first-order chi connectivity index (χ1) is 8.91. The van der Waals surface area contributed by atoms with E-state index >= 15 is 0 Å². The second-order valence-electron chi connectivity index (χ2n) is 6.36. The van der Waals surface area contributed by atoms with E-state index in [-0.39, 0.29) is 11.5 Å². The lowest BCUT2D eigenvalue weighted by atomic mass is 9.64. The van der Waals surface area contributed by atoms with Crippen molar-refractivity contribution in [3.8, 4) is 0 Å². The molecule has 0 aliphatic heterocycles. The van der Waals surface area contributed by atoms with E-state index in [9.17, 15) is 4.79 Å². The van der Waals surface area contributed by atoms with Crippen LogP contribution in [0.3, 0.4) is 0 Å². The molecule has 19 heavy (non-hydrogen) atoms. The van der Waals surface area contributed by atoms with Gasteiger partial charge < -0.3 is 10.1 Å². The van der Waals surface area contributed by atoms with E-state index in [0.29, 0.717) is 6.54 Å². The number of hydrogen-bond acceptors (Lipinski definition) is 2. The van der Waals surface area contributed by atoms with Gasteiger partial charge in [0.2, 0.25) is 0 Å². The Bertz CT molecular complexity index is 430. The first kappa shape index (κ1) is 13.9. The van der Waals surface area contributed by atoms with Crippen LogP contribution in [0, 0.1) is 0 Å². The summed E-state index contributed by atoms with van der Waals surface area (Å²) in [5.41, 5.74) is 0.985. The zero-order chi connectivity index (χ0) is 13.9. The Kier molecular flexibility index (Phi) is 3.83. The summed E-state index contributed by atoms with van der Waals surface area (Å²) in [5.74, 6) is 0. The molecule has 0 aromatic heterocycles. The van der Waals surface area contributed by atoms with Crippen molar-refractivity contribution in [2.75, 3.05) is 6.54 Å². The summed E-state index contributed by atoms with van der Waals surface area (Å²) >= 11 is 0. The molecule has 3 nitrogen and oxygen atoms in total. The van der Waals surface area contributed by atoms with Gasteiger partial charge in [0.05, 0.1) is 0 Å². The summed E-state index contributed by atoms with van der Waals surface area (Å²) in [7, 11) is 0. The number of nitrogens with one attached hydrogen (secondary N) is 1. The van der Waals surface area contributed by atoms with Crippen LogP contribution in [0.1, 0.15) is 45.6 Å². The van der Waals surface area contributed by atoms with Gasteiger partial charge in [-0.1, -0.05) is 36.8 Å². The number of rotatable bonds is 3. The van der Waals surface area contributed by atoms with E-state index in [4.69, 9.17) is 4.74 Å². The van der Waals surface area contributed by atoms with Crippen LogP contribution < -0.4 is 5.32 Å². The molecule has 1 aliphatic rings. The number of carbonyl (C=O) groups excluding carboxylic acids is 1. The molecule has 1 aromatic rings. The van der Waals surface area contributed by atoms with Crippen molar-refractivity contribution in [1.82, 2.24) is 5.32 Å². The molecule has 0 saturated heterocycles. The van der Waals surface area contributed by atoms with E-state index < -0.39 is 5.60 Å². The second kappa shape index (κ2) is 5.24. The van der Waals surface area contributed by atoms with Gasteiger partial charge in [0.15, 0.2) is 0 Å². The molecule has 2 rings (SSSR count). The Morgan fingerprint density at radius 2 is 1.89 bits per heavy atom. The van der Waals surface area contributed by atoms with E-state index in [0.717, 1.165) is 12.8 Å². The zero-order valence-corrected chi connectivity index (χ0v) is 12.0. The van der Waals surface area contributed by atoms with Crippen molar-refractivity contribution in [3.05, 3.63) is 35.9 Å². The summed E-state index contributed by atoms with van der Waals surface area (Å²) in [6.45, 7) is 6.29. The lowest BCUT2D eigenvalue weighted by Gasteiger charge is -2.42. The molecule has 0 unspecified atom stereocenters. The molecule has 0 heterocycles. The normalized spacial score (nSPS) is 17.4. The van der Waals surface area contributed by atoms with Gasteiger partial charge in [-0.05, 0) is 39.2 Å². The third-order valence-electron chi connectivity index (χ3n) is 3.67. The quantitative estimate of drug-likeness (QED) is 0.902. The Hall–Kier alpha value is -1.51. The summed E-state index contributed by atoms with van der Waals surface area (Å²) in [6, 6.07) is 10.4. The van der Waals surface area contributed by atoms with Crippen molar-refractivity contribution < 1.29 is 9.53 Å². The van der Waals surface area contributed by atoms with Crippen LogP contribution in [0.2, 0.25) is 0 Å². The highest BCUT2D eigenvalue weighted by atomic mass is 16.6. The molecule has 3 heteroatoms. The Labute approximate surface area is 115 Å². The second-order valence-corrected chi connectivity index (χ2v) is 6.36. The molecule has 1 aromatic carbocycles. The molecule has 1 amide bonds. The van der Waals surface area contributed by atoms with Gasteiger partial charge in [-0.15, -0.1) is 0 Å². The standard InChI is InChI=1S/C16H23NO2/c1-15(2,3)19-14(18)17-12-16(10-7-11-16)13-8-5-4-6-9-13/h4-6,8-9H,7,10-12H2,1-3H3,(H,17,18). The third kappa shape index (κ3) is 3.49. The number of benzene rings is 1. The number of ether oxygens (including phenoxy) is 1. The van der Waals surface area contributed by atoms with Gasteiger partial charge in [-0.25, -0.2) is 4.79 Å². The Balaban J connectivity index is 1.95. The van der Waals surface area contributed by atoms with Gasteiger partial charge in [0.25, 0.3) is 0 Å². The van der Waals surface area contributed by atoms with Gasteiger partial charge in [-0.2, -0.15) is 0 Å². The van der Waals surface area contributed by atoms with Gasteiger partial charge >= 0.3 is 6.09 Å². The fourth-order valence-electron chi connectivity index (χ4n) is 2.52. The van der Waals surface area contributed by atoms with Crippen LogP contribution in [0.15, 0.2) is 30.3 Å². The minimum atomic E-state index is -0.441. The predicted octanol–water partition coefficient (Wildman–Crippen LogP) is 3.63. The smallest absolute Gasteiger partial charge is 0.407 e. The SMILES string of the molecule is CC(C)(C)OC(=O)NCC1(c2ccccc2)CCC1. The van der Waals surface area contributed by atoms with E-state index in [2.05, 4.69) is 29.6 Å². The lowest BCUT2D eigenvalue weighted by Crippen LogP contribution is -2.46.